The first-order valence-electron chi connectivity index (χ1n) is 8.60. The Balaban J connectivity index is 1.71. The summed E-state index contributed by atoms with van der Waals surface area (Å²) in [6.07, 6.45) is 0.169. The van der Waals surface area contributed by atoms with Crippen LogP contribution in [0.25, 0.3) is 0 Å². The lowest BCUT2D eigenvalue weighted by molar-refractivity contribution is -0.117. The SMILES string of the molecule is O=C(Cc1ccccc1)N=C1S[C@@H]2CS(=O)(=O)C[C@H]2N1c1c(Cl)cccc1Cl. The largest absolute Gasteiger partial charge is 0.313 e. The summed E-state index contributed by atoms with van der Waals surface area (Å²) >= 11 is 14.1. The highest BCUT2D eigenvalue weighted by molar-refractivity contribution is 8.16. The van der Waals surface area contributed by atoms with Gasteiger partial charge in [0.05, 0.1) is 39.7 Å². The van der Waals surface area contributed by atoms with Gasteiger partial charge in [0.15, 0.2) is 15.0 Å². The molecule has 28 heavy (non-hydrogen) atoms. The molecule has 9 heteroatoms. The van der Waals surface area contributed by atoms with E-state index in [2.05, 4.69) is 4.99 Å². The number of para-hydroxylation sites is 1. The zero-order valence-electron chi connectivity index (χ0n) is 14.6. The fourth-order valence-corrected chi connectivity index (χ4v) is 7.96. The van der Waals surface area contributed by atoms with E-state index in [1.54, 1.807) is 23.1 Å². The topological polar surface area (TPSA) is 66.8 Å². The van der Waals surface area contributed by atoms with E-state index >= 15 is 0 Å². The number of benzene rings is 2. The van der Waals surface area contributed by atoms with Gasteiger partial charge in [-0.15, -0.1) is 0 Å². The smallest absolute Gasteiger partial charge is 0.252 e. The number of nitrogens with zero attached hydrogens (tertiary/aromatic N) is 2. The summed E-state index contributed by atoms with van der Waals surface area (Å²) in [7, 11) is -3.16. The number of carbonyl (C=O) groups is 1. The Bertz CT molecular complexity index is 1040. The highest BCUT2D eigenvalue weighted by Gasteiger charge is 2.50. The van der Waals surface area contributed by atoms with Crippen LogP contribution in [0.5, 0.6) is 0 Å². The zero-order valence-corrected chi connectivity index (χ0v) is 17.7. The molecule has 0 N–H and O–H groups in total. The van der Waals surface area contributed by atoms with E-state index in [4.69, 9.17) is 23.2 Å². The van der Waals surface area contributed by atoms with Gasteiger partial charge in [0.25, 0.3) is 5.91 Å². The molecule has 0 aliphatic carbocycles. The minimum absolute atomic E-state index is 0.0158. The number of carbonyl (C=O) groups excluding carboxylic acids is 1. The number of hydrogen-bond donors (Lipinski definition) is 0. The molecule has 0 saturated carbocycles. The molecule has 2 fully saturated rings. The summed E-state index contributed by atoms with van der Waals surface area (Å²) in [5.74, 6) is -0.269. The lowest BCUT2D eigenvalue weighted by Crippen LogP contribution is -2.38. The first-order valence-corrected chi connectivity index (χ1v) is 12.1. The number of aliphatic imine (C=N–C) groups is 1. The molecule has 0 spiro atoms. The minimum Gasteiger partial charge on any atom is -0.313 e. The summed E-state index contributed by atoms with van der Waals surface area (Å²) < 4.78 is 24.3. The van der Waals surface area contributed by atoms with Crippen LogP contribution in [-0.2, 0) is 21.1 Å². The van der Waals surface area contributed by atoms with E-state index in [-0.39, 0.29) is 35.1 Å². The molecule has 1 amide bonds. The third kappa shape index (κ3) is 3.94. The monoisotopic (exact) mass is 454 g/mol. The van der Waals surface area contributed by atoms with Crippen LogP contribution in [0.2, 0.25) is 10.0 Å². The number of anilines is 1. The Morgan fingerprint density at radius 3 is 2.43 bits per heavy atom. The highest BCUT2D eigenvalue weighted by Crippen LogP contribution is 2.45. The van der Waals surface area contributed by atoms with Crippen molar-refractivity contribution in [1.29, 1.82) is 0 Å². The second kappa shape index (κ2) is 7.71. The molecular formula is C19H16Cl2N2O3S2. The molecule has 2 aliphatic heterocycles. The van der Waals surface area contributed by atoms with Crippen molar-refractivity contribution in [3.63, 3.8) is 0 Å². The van der Waals surface area contributed by atoms with E-state index in [0.29, 0.717) is 20.9 Å². The molecule has 0 radical (unpaired) electrons. The number of fused-ring (bicyclic) bond motifs is 1. The molecule has 2 aromatic rings. The van der Waals surface area contributed by atoms with Crippen molar-refractivity contribution in [3.05, 3.63) is 64.1 Å². The second-order valence-corrected chi connectivity index (χ2v) is 10.9. The first-order chi connectivity index (χ1) is 13.3. The van der Waals surface area contributed by atoms with E-state index in [9.17, 15) is 13.2 Å². The molecule has 2 aromatic carbocycles. The van der Waals surface area contributed by atoms with Gasteiger partial charge >= 0.3 is 0 Å². The number of hydrogen-bond acceptors (Lipinski definition) is 4. The number of thioether (sulfide) groups is 1. The van der Waals surface area contributed by atoms with Gasteiger partial charge in [0.2, 0.25) is 0 Å². The van der Waals surface area contributed by atoms with Crippen LogP contribution in [0.4, 0.5) is 5.69 Å². The maximum atomic E-state index is 12.6. The van der Waals surface area contributed by atoms with Crippen LogP contribution in [0.3, 0.4) is 0 Å². The number of amidine groups is 1. The van der Waals surface area contributed by atoms with Gasteiger partial charge in [-0.3, -0.25) is 4.79 Å². The van der Waals surface area contributed by atoms with Gasteiger partial charge in [-0.1, -0.05) is 71.4 Å². The molecule has 2 saturated heterocycles. The van der Waals surface area contributed by atoms with Crippen molar-refractivity contribution in [1.82, 2.24) is 0 Å². The maximum Gasteiger partial charge on any atom is 0.252 e. The summed E-state index contributed by atoms with van der Waals surface area (Å²) in [5.41, 5.74) is 1.36. The van der Waals surface area contributed by atoms with Crippen molar-refractivity contribution in [2.45, 2.75) is 17.7 Å². The standard InChI is InChI=1S/C19H16Cl2N2O3S2/c20-13-7-4-8-14(21)18(13)23-15-10-28(25,26)11-16(15)27-19(23)22-17(24)9-12-5-2-1-3-6-12/h1-8,15-16H,9-11H2/t15-,16-/m1/s1. The van der Waals surface area contributed by atoms with Crippen molar-refractivity contribution >= 4 is 61.6 Å². The number of amides is 1. The third-order valence-electron chi connectivity index (χ3n) is 4.66. The Labute approximate surface area is 177 Å². The molecule has 4 rings (SSSR count). The van der Waals surface area contributed by atoms with Crippen LogP contribution >= 0.6 is 35.0 Å². The molecule has 2 heterocycles. The zero-order chi connectivity index (χ0) is 19.9. The Hall–Kier alpha value is -1.54. The van der Waals surface area contributed by atoms with E-state index in [1.807, 2.05) is 30.3 Å². The molecule has 0 bridgehead atoms. The van der Waals surface area contributed by atoms with Gasteiger partial charge in [-0.05, 0) is 17.7 Å². The third-order valence-corrected chi connectivity index (χ3v) is 8.48. The molecule has 2 aliphatic rings. The lowest BCUT2D eigenvalue weighted by atomic mass is 10.1. The first kappa shape index (κ1) is 19.8. The molecule has 146 valence electrons. The molecule has 5 nitrogen and oxygen atoms in total. The Kier molecular flexibility index (Phi) is 5.44. The van der Waals surface area contributed by atoms with Crippen molar-refractivity contribution in [3.8, 4) is 0 Å². The van der Waals surface area contributed by atoms with Gasteiger partial charge in [-0.2, -0.15) is 4.99 Å². The molecular weight excluding hydrogens is 439 g/mol. The van der Waals surface area contributed by atoms with E-state index in [1.165, 1.54) is 11.8 Å². The van der Waals surface area contributed by atoms with Gasteiger partial charge in [0.1, 0.15) is 0 Å². The molecule has 2 atom stereocenters. The summed E-state index contributed by atoms with van der Waals surface area (Å²) in [6.45, 7) is 0. The highest BCUT2D eigenvalue weighted by atomic mass is 35.5. The van der Waals surface area contributed by atoms with E-state index < -0.39 is 9.84 Å². The second-order valence-electron chi connectivity index (χ2n) is 6.69. The summed E-state index contributed by atoms with van der Waals surface area (Å²) in [6, 6.07) is 14.1. The normalized spacial score (nSPS) is 24.5. The van der Waals surface area contributed by atoms with Gasteiger partial charge < -0.3 is 4.90 Å². The van der Waals surface area contributed by atoms with Crippen LogP contribution < -0.4 is 4.90 Å². The number of halogens is 2. The minimum atomic E-state index is -3.16. The lowest BCUT2D eigenvalue weighted by Gasteiger charge is -2.26. The van der Waals surface area contributed by atoms with Crippen molar-refractivity contribution in [2.24, 2.45) is 4.99 Å². The van der Waals surface area contributed by atoms with Crippen molar-refractivity contribution in [2.75, 3.05) is 16.4 Å². The molecule has 0 aromatic heterocycles. The number of rotatable bonds is 3. The van der Waals surface area contributed by atoms with E-state index in [0.717, 1.165) is 5.56 Å². The average Bonchev–Trinajstić information content (AvgIpc) is 3.07. The number of sulfone groups is 1. The molecule has 0 unspecified atom stereocenters. The average molecular weight is 455 g/mol. The van der Waals surface area contributed by atoms with Crippen LogP contribution in [-0.4, -0.2) is 42.3 Å². The van der Waals surface area contributed by atoms with Gasteiger partial charge in [0, 0.05) is 5.25 Å². The predicted octanol–water partition coefficient (Wildman–Crippen LogP) is 3.84. The summed E-state index contributed by atoms with van der Waals surface area (Å²) in [5, 5.41) is 1.02. The Morgan fingerprint density at radius 2 is 1.75 bits per heavy atom. The quantitative estimate of drug-likeness (QED) is 0.704. The van der Waals surface area contributed by atoms with Crippen LogP contribution in [0, 0.1) is 0 Å². The van der Waals surface area contributed by atoms with Crippen LogP contribution in [0.1, 0.15) is 5.56 Å². The Morgan fingerprint density at radius 1 is 1.07 bits per heavy atom. The summed E-state index contributed by atoms with van der Waals surface area (Å²) in [4.78, 5) is 18.6. The van der Waals surface area contributed by atoms with Gasteiger partial charge in [-0.25, -0.2) is 8.42 Å². The van der Waals surface area contributed by atoms with Crippen LogP contribution in [0.15, 0.2) is 53.5 Å². The fourth-order valence-electron chi connectivity index (χ4n) is 3.46. The fraction of sp³-hybridized carbons (Fsp3) is 0.263. The van der Waals surface area contributed by atoms with Crippen molar-refractivity contribution < 1.29 is 13.2 Å². The predicted molar refractivity (Wildman–Crippen MR) is 115 cm³/mol. The maximum absolute atomic E-state index is 12.6.